The van der Waals surface area contributed by atoms with Gasteiger partial charge in [0.25, 0.3) is 0 Å². The second-order valence-corrected chi connectivity index (χ2v) is 3.55. The van der Waals surface area contributed by atoms with E-state index in [2.05, 4.69) is 11.2 Å². The zero-order valence-electron chi connectivity index (χ0n) is 8.97. The molecule has 0 amide bonds. The lowest BCUT2D eigenvalue weighted by Gasteiger charge is -1.97. The number of nitrogens with zero attached hydrogens (tertiary/aromatic N) is 3. The molecule has 4 nitrogen and oxygen atoms in total. The second kappa shape index (κ2) is 4.15. The van der Waals surface area contributed by atoms with Gasteiger partial charge < -0.3 is 0 Å². The molecule has 2 rings (SSSR count). The van der Waals surface area contributed by atoms with Crippen molar-refractivity contribution in [3.05, 3.63) is 30.0 Å². The van der Waals surface area contributed by atoms with Crippen molar-refractivity contribution in [1.29, 1.82) is 5.26 Å². The van der Waals surface area contributed by atoms with Gasteiger partial charge in [-0.1, -0.05) is 18.2 Å². The summed E-state index contributed by atoms with van der Waals surface area (Å²) in [4.78, 5) is 11.4. The molecule has 0 aliphatic heterocycles. The Morgan fingerprint density at radius 1 is 1.50 bits per heavy atom. The lowest BCUT2D eigenvalue weighted by Crippen LogP contribution is -2.01. The Bertz CT molecular complexity index is 577. The van der Waals surface area contributed by atoms with Gasteiger partial charge >= 0.3 is 0 Å². The summed E-state index contributed by atoms with van der Waals surface area (Å²) < 4.78 is 1.72. The fourth-order valence-electron chi connectivity index (χ4n) is 1.71. The number of Topliss-reactive ketones (excluding diaryl/α,β-unsaturated/α-hetero) is 1. The van der Waals surface area contributed by atoms with Crippen LogP contribution in [0.2, 0.25) is 0 Å². The molecule has 80 valence electrons. The Morgan fingerprint density at radius 2 is 2.25 bits per heavy atom. The van der Waals surface area contributed by atoms with E-state index in [0.717, 1.165) is 10.9 Å². The number of aromatic nitrogens is 2. The van der Waals surface area contributed by atoms with Crippen molar-refractivity contribution in [2.45, 2.75) is 19.9 Å². The minimum Gasteiger partial charge on any atom is -0.293 e. The first-order chi connectivity index (χ1) is 7.74. The summed E-state index contributed by atoms with van der Waals surface area (Å²) in [5.41, 5.74) is 1.39. The van der Waals surface area contributed by atoms with Crippen LogP contribution in [0.3, 0.4) is 0 Å². The highest BCUT2D eigenvalue weighted by atomic mass is 16.1. The van der Waals surface area contributed by atoms with E-state index < -0.39 is 0 Å². The predicted molar refractivity (Wildman–Crippen MR) is 60.0 cm³/mol. The van der Waals surface area contributed by atoms with Crippen LogP contribution < -0.4 is 0 Å². The van der Waals surface area contributed by atoms with Gasteiger partial charge in [0.1, 0.15) is 5.69 Å². The van der Waals surface area contributed by atoms with Crippen LogP contribution in [0.5, 0.6) is 0 Å². The van der Waals surface area contributed by atoms with Crippen LogP contribution >= 0.6 is 0 Å². The van der Waals surface area contributed by atoms with E-state index in [9.17, 15) is 4.79 Å². The molecule has 1 heterocycles. The van der Waals surface area contributed by atoms with Gasteiger partial charge in [-0.25, -0.2) is 0 Å². The molecule has 2 aromatic rings. The first-order valence-electron chi connectivity index (χ1n) is 5.07. The van der Waals surface area contributed by atoms with E-state index >= 15 is 0 Å². The van der Waals surface area contributed by atoms with Crippen LogP contribution in [0.15, 0.2) is 24.3 Å². The number of aryl methyl sites for hydroxylation is 1. The maximum Gasteiger partial charge on any atom is 0.180 e. The second-order valence-electron chi connectivity index (χ2n) is 3.55. The van der Waals surface area contributed by atoms with Gasteiger partial charge in [-0.05, 0) is 6.07 Å². The Labute approximate surface area is 93.1 Å². The normalized spacial score (nSPS) is 10.2. The van der Waals surface area contributed by atoms with Gasteiger partial charge in [0, 0.05) is 12.3 Å². The highest BCUT2D eigenvalue weighted by Crippen LogP contribution is 2.18. The van der Waals surface area contributed by atoms with E-state index in [1.165, 1.54) is 6.92 Å². The number of fused-ring (bicyclic) bond motifs is 1. The molecule has 0 bridgehead atoms. The molecule has 0 aliphatic rings. The Morgan fingerprint density at radius 3 is 2.94 bits per heavy atom. The van der Waals surface area contributed by atoms with Gasteiger partial charge in [0.15, 0.2) is 5.78 Å². The first kappa shape index (κ1) is 10.4. The van der Waals surface area contributed by atoms with Gasteiger partial charge in [0.2, 0.25) is 0 Å². The molecule has 0 spiro atoms. The van der Waals surface area contributed by atoms with Crippen molar-refractivity contribution in [3.63, 3.8) is 0 Å². The van der Waals surface area contributed by atoms with Gasteiger partial charge in [0.05, 0.1) is 24.6 Å². The van der Waals surface area contributed by atoms with E-state index in [0.29, 0.717) is 18.7 Å². The first-order valence-corrected chi connectivity index (χ1v) is 5.07. The summed E-state index contributed by atoms with van der Waals surface area (Å²) in [5, 5.41) is 13.7. The molecule has 4 heteroatoms. The summed E-state index contributed by atoms with van der Waals surface area (Å²) in [5.74, 6) is -0.0492. The zero-order valence-corrected chi connectivity index (χ0v) is 8.97. The van der Waals surface area contributed by atoms with E-state index in [1.807, 2.05) is 24.3 Å². The van der Waals surface area contributed by atoms with Crippen molar-refractivity contribution in [1.82, 2.24) is 9.78 Å². The van der Waals surface area contributed by atoms with Crippen molar-refractivity contribution in [3.8, 4) is 6.07 Å². The molecule has 0 aliphatic carbocycles. The number of carbonyl (C=O) groups is 1. The van der Waals surface area contributed by atoms with Crippen molar-refractivity contribution < 1.29 is 4.79 Å². The van der Waals surface area contributed by atoms with Crippen LogP contribution in [-0.2, 0) is 6.54 Å². The maximum absolute atomic E-state index is 11.4. The number of rotatable bonds is 3. The molecule has 1 aromatic heterocycles. The van der Waals surface area contributed by atoms with Gasteiger partial charge in [-0.15, -0.1) is 0 Å². The molecule has 0 saturated carbocycles. The standard InChI is InChI=1S/C12H11N3O/c1-9(16)12-10-5-2-3-6-11(10)15(14-12)8-4-7-13/h2-3,5-6H,4,8H2,1H3. The number of para-hydroxylation sites is 1. The van der Waals surface area contributed by atoms with Gasteiger partial charge in [-0.3, -0.25) is 9.48 Å². The lowest BCUT2D eigenvalue weighted by molar-refractivity contribution is 0.101. The molecule has 0 unspecified atom stereocenters. The molecule has 0 N–H and O–H groups in total. The number of benzene rings is 1. The van der Waals surface area contributed by atoms with Crippen molar-refractivity contribution in [2.75, 3.05) is 0 Å². The summed E-state index contributed by atoms with van der Waals surface area (Å²) in [6.45, 7) is 2.02. The fraction of sp³-hybridized carbons (Fsp3) is 0.250. The quantitative estimate of drug-likeness (QED) is 0.734. The highest BCUT2D eigenvalue weighted by molar-refractivity contribution is 6.04. The van der Waals surface area contributed by atoms with Crippen molar-refractivity contribution in [2.24, 2.45) is 0 Å². The van der Waals surface area contributed by atoms with E-state index in [-0.39, 0.29) is 5.78 Å². The van der Waals surface area contributed by atoms with Crippen LogP contribution in [0, 0.1) is 11.3 Å². The summed E-state index contributed by atoms with van der Waals surface area (Å²) in [7, 11) is 0. The van der Waals surface area contributed by atoms with Gasteiger partial charge in [-0.2, -0.15) is 10.4 Å². The summed E-state index contributed by atoms with van der Waals surface area (Å²) in [6.07, 6.45) is 0.392. The largest absolute Gasteiger partial charge is 0.293 e. The Balaban J connectivity index is 2.58. The molecule has 0 saturated heterocycles. The number of ketones is 1. The van der Waals surface area contributed by atoms with Crippen LogP contribution in [0.4, 0.5) is 0 Å². The molecule has 0 radical (unpaired) electrons. The molecular weight excluding hydrogens is 202 g/mol. The fourth-order valence-corrected chi connectivity index (χ4v) is 1.71. The third kappa shape index (κ3) is 1.68. The number of hydrogen-bond acceptors (Lipinski definition) is 3. The zero-order chi connectivity index (χ0) is 11.5. The van der Waals surface area contributed by atoms with Crippen molar-refractivity contribution >= 4 is 16.7 Å². The summed E-state index contributed by atoms with van der Waals surface area (Å²) in [6, 6.07) is 9.64. The number of carbonyl (C=O) groups excluding carboxylic acids is 1. The topological polar surface area (TPSA) is 58.7 Å². The predicted octanol–water partition coefficient (Wildman–Crippen LogP) is 2.15. The average molecular weight is 213 g/mol. The number of nitriles is 1. The maximum atomic E-state index is 11.4. The summed E-state index contributed by atoms with van der Waals surface area (Å²) >= 11 is 0. The third-order valence-corrected chi connectivity index (χ3v) is 2.43. The van der Waals surface area contributed by atoms with Crippen LogP contribution in [-0.4, -0.2) is 15.6 Å². The van der Waals surface area contributed by atoms with Crippen LogP contribution in [0.1, 0.15) is 23.8 Å². The number of hydrogen-bond donors (Lipinski definition) is 0. The smallest absolute Gasteiger partial charge is 0.180 e. The van der Waals surface area contributed by atoms with Crippen LogP contribution in [0.25, 0.3) is 10.9 Å². The monoisotopic (exact) mass is 213 g/mol. The lowest BCUT2D eigenvalue weighted by atomic mass is 10.2. The Hall–Kier alpha value is -2.15. The Kier molecular flexibility index (Phi) is 2.69. The minimum atomic E-state index is -0.0492. The highest BCUT2D eigenvalue weighted by Gasteiger charge is 2.12. The molecule has 1 aromatic carbocycles. The molecular formula is C12H11N3O. The third-order valence-electron chi connectivity index (χ3n) is 2.43. The van der Waals surface area contributed by atoms with E-state index in [4.69, 9.17) is 5.26 Å². The molecule has 0 fully saturated rings. The van der Waals surface area contributed by atoms with E-state index in [1.54, 1.807) is 4.68 Å². The SMILES string of the molecule is CC(=O)c1nn(CCC#N)c2ccccc12. The average Bonchev–Trinajstić information content (AvgIpc) is 2.65. The molecule has 0 atom stereocenters. The molecule has 16 heavy (non-hydrogen) atoms. The minimum absolute atomic E-state index is 0.0492.